The van der Waals surface area contributed by atoms with E-state index in [1.165, 1.54) is 6.92 Å². The van der Waals surface area contributed by atoms with E-state index in [1.54, 1.807) is 36.4 Å². The molecule has 4 aromatic carbocycles. The van der Waals surface area contributed by atoms with Crippen molar-refractivity contribution < 1.29 is 24.2 Å². The summed E-state index contributed by atoms with van der Waals surface area (Å²) in [5.74, 6) is -0.380. The molecular weight excluding hydrogens is 632 g/mol. The van der Waals surface area contributed by atoms with Crippen LogP contribution in [0.15, 0.2) is 102 Å². The minimum Gasteiger partial charge on any atom is -0.392 e. The normalized spacial score (nSPS) is 21.7. The van der Waals surface area contributed by atoms with E-state index in [4.69, 9.17) is 9.47 Å². The van der Waals surface area contributed by atoms with Crippen LogP contribution in [0.5, 0.6) is 0 Å². The number of nitrogens with one attached hydrogen (secondary N) is 2. The molecule has 0 aliphatic carbocycles. The van der Waals surface area contributed by atoms with E-state index in [0.29, 0.717) is 23.4 Å². The van der Waals surface area contributed by atoms with Gasteiger partial charge in [-0.05, 0) is 67.3 Å². The maximum absolute atomic E-state index is 13.3. The number of carbonyl (C=O) groups is 2. The number of H-pyrrole nitrogens is 1. The van der Waals surface area contributed by atoms with Crippen LogP contribution in [0.4, 0.5) is 5.69 Å². The predicted octanol–water partition coefficient (Wildman–Crippen LogP) is 6.41. The number of benzene rings is 4. The number of hydrogen-bond donors (Lipinski definition) is 3. The molecule has 2 fully saturated rings. The maximum atomic E-state index is 13.3. The molecule has 7 rings (SSSR count). The first-order valence-electron chi connectivity index (χ1n) is 17.2. The number of imidazole rings is 1. The monoisotopic (exact) mass is 674 g/mol. The van der Waals surface area contributed by atoms with Crippen molar-refractivity contribution in [2.24, 2.45) is 5.92 Å². The van der Waals surface area contributed by atoms with Gasteiger partial charge in [0.1, 0.15) is 0 Å². The Morgan fingerprint density at radius 1 is 0.880 bits per heavy atom. The Morgan fingerprint density at radius 2 is 1.62 bits per heavy atom. The summed E-state index contributed by atoms with van der Waals surface area (Å²) in [6, 6.07) is 29.9. The van der Waals surface area contributed by atoms with Gasteiger partial charge in [0.25, 0.3) is 5.91 Å². The number of piperidine rings is 1. The van der Waals surface area contributed by atoms with Crippen LogP contribution < -0.4 is 11.0 Å². The van der Waals surface area contributed by atoms with Gasteiger partial charge in [0.15, 0.2) is 12.1 Å². The third-order valence-corrected chi connectivity index (χ3v) is 10.1. The zero-order valence-electron chi connectivity index (χ0n) is 28.2. The molecule has 10 heteroatoms. The summed E-state index contributed by atoms with van der Waals surface area (Å²) in [5.41, 5.74) is 5.78. The first-order chi connectivity index (χ1) is 24.3. The Bertz CT molecular complexity index is 2050. The number of para-hydroxylation sites is 2. The number of aromatic nitrogens is 2. The molecule has 2 saturated heterocycles. The number of ether oxygens (including phenoxy) is 2. The number of rotatable bonds is 9. The number of aromatic amines is 1. The number of amides is 1. The number of aliphatic hydroxyl groups excluding tert-OH is 1. The van der Waals surface area contributed by atoms with Crippen molar-refractivity contribution in [1.29, 1.82) is 0 Å². The molecule has 2 aliphatic rings. The second kappa shape index (κ2) is 14.5. The van der Waals surface area contributed by atoms with E-state index in [1.807, 2.05) is 65.2 Å². The summed E-state index contributed by atoms with van der Waals surface area (Å²) in [6.45, 7) is 5.93. The molecule has 1 unspecified atom stereocenters. The van der Waals surface area contributed by atoms with Gasteiger partial charge in [-0.2, -0.15) is 0 Å². The first kappa shape index (κ1) is 33.6. The highest BCUT2D eigenvalue weighted by Gasteiger charge is 2.40. The minimum absolute atomic E-state index is 0.000204. The highest BCUT2D eigenvalue weighted by Crippen LogP contribution is 2.42. The number of hydrogen-bond acceptors (Lipinski definition) is 7. The summed E-state index contributed by atoms with van der Waals surface area (Å²) < 4.78 is 15.3. The van der Waals surface area contributed by atoms with Gasteiger partial charge in [0.05, 0.1) is 29.8 Å². The Hall–Kier alpha value is -4.87. The Labute approximate surface area is 290 Å². The van der Waals surface area contributed by atoms with Crippen LogP contribution in [0.1, 0.15) is 82.5 Å². The lowest BCUT2D eigenvalue weighted by atomic mass is 9.89. The third kappa shape index (κ3) is 7.06. The second-order valence-electron chi connectivity index (χ2n) is 13.4. The molecule has 50 heavy (non-hydrogen) atoms. The van der Waals surface area contributed by atoms with Gasteiger partial charge in [0, 0.05) is 54.0 Å². The van der Waals surface area contributed by atoms with E-state index in [2.05, 4.69) is 22.1 Å². The lowest BCUT2D eigenvalue weighted by Gasteiger charge is -2.44. The molecule has 1 aromatic heterocycles. The highest BCUT2D eigenvalue weighted by molar-refractivity contribution is 6.05. The molecule has 10 nitrogen and oxygen atoms in total. The smallest absolute Gasteiger partial charge is 0.326 e. The molecule has 4 atom stereocenters. The highest BCUT2D eigenvalue weighted by atomic mass is 16.7. The lowest BCUT2D eigenvalue weighted by Crippen LogP contribution is -2.47. The first-order valence-corrected chi connectivity index (χ1v) is 17.2. The number of carbonyl (C=O) groups excluding carboxylic acids is 2. The molecule has 0 spiro atoms. The Morgan fingerprint density at radius 3 is 2.38 bits per heavy atom. The van der Waals surface area contributed by atoms with Crippen molar-refractivity contribution in [2.75, 3.05) is 25.0 Å². The number of anilines is 1. The van der Waals surface area contributed by atoms with Crippen molar-refractivity contribution in [3.8, 4) is 0 Å². The molecule has 1 amide bonds. The summed E-state index contributed by atoms with van der Waals surface area (Å²) >= 11 is 0. The number of aliphatic hydroxyl groups is 1. The number of fused-ring (bicyclic) bond motifs is 1. The van der Waals surface area contributed by atoms with Crippen LogP contribution in [0.3, 0.4) is 0 Å². The minimum atomic E-state index is -0.727. The third-order valence-electron chi connectivity index (χ3n) is 10.1. The van der Waals surface area contributed by atoms with Gasteiger partial charge >= 0.3 is 5.69 Å². The average Bonchev–Trinajstić information content (AvgIpc) is 3.48. The quantitative estimate of drug-likeness (QED) is 0.154. The summed E-state index contributed by atoms with van der Waals surface area (Å²) in [5, 5.41) is 12.5. The Balaban J connectivity index is 1.10. The van der Waals surface area contributed by atoms with Crippen LogP contribution in [-0.2, 0) is 16.1 Å². The Kier molecular flexibility index (Phi) is 9.78. The van der Waals surface area contributed by atoms with Crippen LogP contribution in [0.25, 0.3) is 11.0 Å². The fourth-order valence-electron chi connectivity index (χ4n) is 7.23. The van der Waals surface area contributed by atoms with Crippen molar-refractivity contribution >= 4 is 28.4 Å². The van der Waals surface area contributed by atoms with E-state index in [9.17, 15) is 19.5 Å². The average molecular weight is 675 g/mol. The second-order valence-corrected chi connectivity index (χ2v) is 13.4. The summed E-state index contributed by atoms with van der Waals surface area (Å²) in [6.07, 6.45) is 0.494. The van der Waals surface area contributed by atoms with Gasteiger partial charge < -0.3 is 29.8 Å². The molecule has 3 N–H and O–H groups in total. The van der Waals surface area contributed by atoms with Crippen LogP contribution in [-0.4, -0.2) is 57.0 Å². The molecule has 2 aliphatic heterocycles. The molecule has 0 bridgehead atoms. The fourth-order valence-corrected chi connectivity index (χ4v) is 7.23. The molecule has 0 saturated carbocycles. The number of nitrogens with zero attached hydrogens (tertiary/aromatic N) is 2. The van der Waals surface area contributed by atoms with Gasteiger partial charge in [-0.3, -0.25) is 14.2 Å². The topological polar surface area (TPSA) is 126 Å². The molecule has 3 heterocycles. The van der Waals surface area contributed by atoms with Crippen LogP contribution in [0, 0.1) is 5.92 Å². The standard InChI is InChI=1S/C40H42N4O6/c1-25-36(23-43-19-17-33(18-20-43)44-35-12-4-3-11-34(35)42-40(44)48)49-39(50-37(25)28-15-13-27(24-45)14-16-28)31-9-5-8-30(21-31)38(47)41-32-10-6-7-29(22-32)26(2)46/h3-16,21-22,25,33,36-37,39,45H,17-20,23-24H2,1-2H3,(H,41,47)(H,42,48)/t25-,36+,37+,39?/m0/s1. The summed E-state index contributed by atoms with van der Waals surface area (Å²) in [4.78, 5) is 43.5. The van der Waals surface area contributed by atoms with Crippen molar-refractivity contribution in [3.05, 3.63) is 135 Å². The maximum Gasteiger partial charge on any atom is 0.326 e. The van der Waals surface area contributed by atoms with Gasteiger partial charge in [-0.15, -0.1) is 0 Å². The van der Waals surface area contributed by atoms with Crippen molar-refractivity contribution in [3.63, 3.8) is 0 Å². The molecule has 0 radical (unpaired) electrons. The van der Waals surface area contributed by atoms with Gasteiger partial charge in [0.2, 0.25) is 0 Å². The zero-order chi connectivity index (χ0) is 34.8. The van der Waals surface area contributed by atoms with Crippen LogP contribution in [0.2, 0.25) is 0 Å². The van der Waals surface area contributed by atoms with E-state index in [-0.39, 0.29) is 48.2 Å². The fraction of sp³-hybridized carbons (Fsp3) is 0.325. The van der Waals surface area contributed by atoms with E-state index in [0.717, 1.165) is 53.7 Å². The molecule has 258 valence electrons. The molecule has 5 aromatic rings. The number of likely N-dealkylation sites (tertiary alicyclic amines) is 1. The van der Waals surface area contributed by atoms with E-state index >= 15 is 0 Å². The molecular formula is C40H42N4O6. The lowest BCUT2D eigenvalue weighted by molar-refractivity contribution is -0.276. The summed E-state index contributed by atoms with van der Waals surface area (Å²) in [7, 11) is 0. The number of Topliss-reactive ketones (excluding diaryl/α,β-unsaturated/α-hetero) is 1. The number of ketones is 1. The van der Waals surface area contributed by atoms with Gasteiger partial charge in [-0.1, -0.05) is 67.6 Å². The van der Waals surface area contributed by atoms with Crippen molar-refractivity contribution in [1.82, 2.24) is 14.5 Å². The van der Waals surface area contributed by atoms with E-state index < -0.39 is 6.29 Å². The van der Waals surface area contributed by atoms with Gasteiger partial charge in [-0.25, -0.2) is 4.79 Å². The van der Waals surface area contributed by atoms with Crippen molar-refractivity contribution in [2.45, 2.75) is 57.8 Å². The van der Waals surface area contributed by atoms with Crippen LogP contribution >= 0.6 is 0 Å². The largest absolute Gasteiger partial charge is 0.392 e. The SMILES string of the molecule is CC(=O)c1cccc(NC(=O)c2cccc(C3O[C@H](CN4CCC(n5c(=O)[nH]c6ccccc65)CC4)[C@H](C)[C@H](c4ccc(CO)cc4)O3)c2)c1. The zero-order valence-corrected chi connectivity index (χ0v) is 28.2. The predicted molar refractivity (Wildman–Crippen MR) is 191 cm³/mol.